The van der Waals surface area contributed by atoms with Crippen LogP contribution in [0.1, 0.15) is 13.8 Å². The van der Waals surface area contributed by atoms with Crippen LogP contribution < -0.4 is 10.6 Å². The predicted octanol–water partition coefficient (Wildman–Crippen LogP) is 4.96. The van der Waals surface area contributed by atoms with Crippen molar-refractivity contribution in [2.24, 2.45) is 15.5 Å². The average molecular weight is 474 g/mol. The molecule has 12 heteroatoms. The van der Waals surface area contributed by atoms with E-state index in [4.69, 9.17) is 32.9 Å². The van der Waals surface area contributed by atoms with Crippen LogP contribution >= 0.6 is 23.2 Å². The van der Waals surface area contributed by atoms with Crippen LogP contribution in [0.25, 0.3) is 0 Å². The van der Waals surface area contributed by atoms with Gasteiger partial charge in [0.15, 0.2) is 5.70 Å². The third-order valence-corrected chi connectivity index (χ3v) is 4.88. The van der Waals surface area contributed by atoms with Crippen molar-refractivity contribution < 1.29 is 24.0 Å². The Hall–Kier alpha value is -3.60. The van der Waals surface area contributed by atoms with Gasteiger partial charge >= 0.3 is 17.6 Å². The molecule has 0 unspecified atom stereocenters. The first kappa shape index (κ1) is 21.6. The van der Waals surface area contributed by atoms with Gasteiger partial charge in [-0.1, -0.05) is 40.9 Å². The highest BCUT2D eigenvalue weighted by Gasteiger charge is 2.39. The Balaban J connectivity index is 1.68. The number of rotatable bonds is 4. The fraction of sp³-hybridized carbons (Fsp3) is 0.100. The zero-order chi connectivity index (χ0) is 22.8. The van der Waals surface area contributed by atoms with Crippen LogP contribution in [0.2, 0.25) is 10.0 Å². The van der Waals surface area contributed by atoms with E-state index in [-0.39, 0.29) is 22.8 Å². The van der Waals surface area contributed by atoms with Crippen molar-refractivity contribution in [3.05, 3.63) is 81.4 Å². The van der Waals surface area contributed by atoms with Gasteiger partial charge in [-0.15, -0.1) is 5.11 Å². The van der Waals surface area contributed by atoms with Crippen LogP contribution in [0.5, 0.6) is 0 Å². The molecule has 0 saturated carbocycles. The maximum atomic E-state index is 12.3. The van der Waals surface area contributed by atoms with Gasteiger partial charge in [-0.2, -0.15) is 5.11 Å². The third-order valence-electron chi connectivity index (χ3n) is 4.41. The topological polar surface area (TPSA) is 108 Å². The van der Waals surface area contributed by atoms with Gasteiger partial charge in [0.1, 0.15) is 5.70 Å². The third kappa shape index (κ3) is 4.24. The molecule has 1 fully saturated rings. The lowest BCUT2D eigenvalue weighted by molar-refractivity contribution is -0.464. The monoisotopic (exact) mass is 473 g/mol. The van der Waals surface area contributed by atoms with E-state index in [1.165, 1.54) is 9.71 Å². The maximum absolute atomic E-state index is 12.3. The molecule has 2 aromatic carbocycles. The van der Waals surface area contributed by atoms with Crippen molar-refractivity contribution in [1.82, 2.24) is 5.59 Å². The first-order valence-corrected chi connectivity index (χ1v) is 9.95. The van der Waals surface area contributed by atoms with E-state index in [0.29, 0.717) is 21.4 Å². The van der Waals surface area contributed by atoms with Gasteiger partial charge in [-0.3, -0.25) is 4.84 Å². The number of halogens is 2. The molecule has 2 aliphatic rings. The van der Waals surface area contributed by atoms with Crippen LogP contribution in [-0.4, -0.2) is 16.6 Å². The summed E-state index contributed by atoms with van der Waals surface area (Å²) in [5, 5.41) is 14.3. The summed E-state index contributed by atoms with van der Waals surface area (Å²) in [5.41, 5.74) is 4.20. The molecule has 32 heavy (non-hydrogen) atoms. The Bertz CT molecular complexity index is 1250. The van der Waals surface area contributed by atoms with E-state index >= 15 is 0 Å². The number of anilines is 1. The Morgan fingerprint density at radius 3 is 2.41 bits per heavy atom. The molecule has 0 amide bonds. The summed E-state index contributed by atoms with van der Waals surface area (Å²) in [6, 6.07) is 13.5. The van der Waals surface area contributed by atoms with Gasteiger partial charge in [0.25, 0.3) is 0 Å². The van der Waals surface area contributed by atoms with Crippen LogP contribution in [-0.2, 0) is 19.3 Å². The number of hydrogen-bond acceptors (Lipinski definition) is 9. The summed E-state index contributed by atoms with van der Waals surface area (Å²) in [4.78, 5) is 34.2. The van der Waals surface area contributed by atoms with Crippen molar-refractivity contribution in [1.29, 1.82) is 0 Å². The summed E-state index contributed by atoms with van der Waals surface area (Å²) >= 11 is 12.1. The lowest BCUT2D eigenvalue weighted by Crippen LogP contribution is -2.29. The second-order valence-electron chi connectivity index (χ2n) is 6.62. The summed E-state index contributed by atoms with van der Waals surface area (Å²) in [7, 11) is 0. The molecule has 0 atom stereocenters. The minimum atomic E-state index is -0.700. The molecule has 1 N–H and O–H groups in total. The first-order valence-electron chi connectivity index (χ1n) is 9.19. The number of carbonyl (C=O) groups excluding carboxylic acids is 2. The van der Waals surface area contributed by atoms with Crippen molar-refractivity contribution in [2.45, 2.75) is 13.8 Å². The van der Waals surface area contributed by atoms with Crippen LogP contribution in [0.4, 0.5) is 11.4 Å². The van der Waals surface area contributed by atoms with E-state index in [1.807, 2.05) is 0 Å². The number of azo groups is 1. The smallest absolute Gasteiger partial charge is 0.345 e. The molecule has 2 aromatic rings. The van der Waals surface area contributed by atoms with Crippen molar-refractivity contribution in [3.8, 4) is 0 Å². The second kappa shape index (κ2) is 8.87. The Kier molecular flexibility index (Phi) is 5.99. The van der Waals surface area contributed by atoms with Crippen molar-refractivity contribution >= 4 is 46.5 Å². The molecule has 4 rings (SSSR count). The zero-order valence-electron chi connectivity index (χ0n) is 16.7. The lowest BCUT2D eigenvalue weighted by Gasteiger charge is -2.16. The summed E-state index contributed by atoms with van der Waals surface area (Å²) in [6.07, 6.45) is 0. The molecule has 162 valence electrons. The molecule has 0 radical (unpaired) electrons. The predicted molar refractivity (Wildman–Crippen MR) is 113 cm³/mol. The molecule has 0 spiro atoms. The molecule has 0 aliphatic carbocycles. The Labute approximate surface area is 191 Å². The molecule has 10 nitrogen and oxygen atoms in total. The number of allylic oxidation sites excluding steroid dienone is 2. The SMILES string of the molecule is CC(/N=N/C(C)=C1\C(=O)ONN1c1cccc(Cl)c1)=C1\C(=O)ON=[N+]1c1cccc(Cl)c1. The van der Waals surface area contributed by atoms with Crippen LogP contribution in [0.3, 0.4) is 0 Å². The standard InChI is InChI=1S/C20H15Cl2N6O4/c1-11(17-19(29)31-25-27(17)15-7-3-5-13(21)9-15)23-24-12(2)18-20(30)32-26-28(18)16-8-4-6-14(22)10-16/h3-10,25H,1-2H3/q+1/b17-11+,18-12-,24-23+. The molecular weight excluding hydrogens is 459 g/mol. The van der Waals surface area contributed by atoms with Crippen LogP contribution in [0.15, 0.2) is 86.8 Å². The number of hydrazine groups is 1. The molecule has 2 heterocycles. The highest BCUT2D eigenvalue weighted by molar-refractivity contribution is 6.31. The van der Waals surface area contributed by atoms with E-state index in [0.717, 1.165) is 0 Å². The average Bonchev–Trinajstić information content (AvgIpc) is 3.34. The van der Waals surface area contributed by atoms with E-state index in [2.05, 4.69) is 21.1 Å². The van der Waals surface area contributed by atoms with E-state index < -0.39 is 11.9 Å². The molecule has 0 aromatic heterocycles. The van der Waals surface area contributed by atoms with Crippen LogP contribution in [0, 0.1) is 0 Å². The van der Waals surface area contributed by atoms with E-state index in [1.54, 1.807) is 62.4 Å². The van der Waals surface area contributed by atoms with Gasteiger partial charge in [0.2, 0.25) is 11.0 Å². The highest BCUT2D eigenvalue weighted by Crippen LogP contribution is 2.29. The summed E-state index contributed by atoms with van der Waals surface area (Å²) in [6.45, 7) is 3.14. The zero-order valence-corrected chi connectivity index (χ0v) is 18.3. The van der Waals surface area contributed by atoms with E-state index in [9.17, 15) is 9.59 Å². The van der Waals surface area contributed by atoms with Gasteiger partial charge < -0.3 is 4.84 Å². The molecule has 2 aliphatic heterocycles. The maximum Gasteiger partial charge on any atom is 0.439 e. The minimum absolute atomic E-state index is 0.0626. The normalized spacial score (nSPS) is 19.2. The number of hydrogen-bond donors (Lipinski definition) is 1. The number of nitrogens with zero attached hydrogens (tertiary/aromatic N) is 5. The molecule has 0 bridgehead atoms. The fourth-order valence-corrected chi connectivity index (χ4v) is 3.33. The number of carbonyl (C=O) groups is 2. The quantitative estimate of drug-likeness (QED) is 0.381. The molecule has 1 saturated heterocycles. The van der Waals surface area contributed by atoms with Crippen molar-refractivity contribution in [2.75, 3.05) is 5.01 Å². The van der Waals surface area contributed by atoms with Gasteiger partial charge in [-0.25, -0.2) is 14.6 Å². The Morgan fingerprint density at radius 2 is 1.69 bits per heavy atom. The summed E-state index contributed by atoms with van der Waals surface area (Å²) in [5.74, 6) is -1.35. The second-order valence-corrected chi connectivity index (χ2v) is 7.49. The van der Waals surface area contributed by atoms with Gasteiger partial charge in [0, 0.05) is 22.2 Å². The minimum Gasteiger partial charge on any atom is -0.345 e. The lowest BCUT2D eigenvalue weighted by atomic mass is 10.2. The Morgan fingerprint density at radius 1 is 1.00 bits per heavy atom. The van der Waals surface area contributed by atoms with Gasteiger partial charge in [0.05, 0.1) is 11.4 Å². The number of nitrogens with one attached hydrogen (secondary N) is 1. The number of benzene rings is 2. The molecular formula is C20H15Cl2N6O4+. The van der Waals surface area contributed by atoms with Crippen molar-refractivity contribution in [3.63, 3.8) is 0 Å². The fourth-order valence-electron chi connectivity index (χ4n) is 2.96. The highest BCUT2D eigenvalue weighted by atomic mass is 35.5. The first-order chi connectivity index (χ1) is 15.3. The largest absolute Gasteiger partial charge is 0.439 e. The summed E-state index contributed by atoms with van der Waals surface area (Å²) < 4.78 is 1.27. The van der Waals surface area contributed by atoms with Gasteiger partial charge in [-0.05, 0) is 42.8 Å².